The van der Waals surface area contributed by atoms with Crippen LogP contribution in [0.5, 0.6) is 0 Å². The molecular formula is C15H11Cl2N3O2S. The van der Waals surface area contributed by atoms with Gasteiger partial charge in [0.2, 0.25) is 5.28 Å². The summed E-state index contributed by atoms with van der Waals surface area (Å²) in [5.74, 6) is 0.349. The summed E-state index contributed by atoms with van der Waals surface area (Å²) in [6, 6.07) is 11.8. The molecule has 0 amide bonds. The van der Waals surface area contributed by atoms with Crippen LogP contribution in [0.25, 0.3) is 10.9 Å². The van der Waals surface area contributed by atoms with Crippen LogP contribution in [0.4, 0.5) is 11.5 Å². The molecule has 0 bridgehead atoms. The lowest BCUT2D eigenvalue weighted by atomic mass is 10.2. The standard InChI is InChI=1S/C15H11Cl2N3O2S/c1-23(21,22)12-8-3-2-6-10(12)18-14-13-9(16)5-4-7-11(13)19-15(17)20-14/h2-8H,1H3,(H,18,19,20). The van der Waals surface area contributed by atoms with Gasteiger partial charge in [-0.3, -0.25) is 0 Å². The van der Waals surface area contributed by atoms with E-state index in [4.69, 9.17) is 23.2 Å². The minimum Gasteiger partial charge on any atom is -0.338 e. The molecular weight excluding hydrogens is 357 g/mol. The zero-order valence-electron chi connectivity index (χ0n) is 11.9. The van der Waals surface area contributed by atoms with Crippen molar-refractivity contribution in [2.24, 2.45) is 0 Å². The third-order valence-electron chi connectivity index (χ3n) is 3.18. The maximum atomic E-state index is 11.9. The maximum absolute atomic E-state index is 11.9. The second kappa shape index (κ2) is 5.96. The zero-order valence-corrected chi connectivity index (χ0v) is 14.2. The fourth-order valence-electron chi connectivity index (χ4n) is 2.22. The van der Waals surface area contributed by atoms with Crippen molar-refractivity contribution in [2.45, 2.75) is 4.90 Å². The Balaban J connectivity index is 2.21. The van der Waals surface area contributed by atoms with Crippen molar-refractivity contribution < 1.29 is 8.42 Å². The molecule has 1 N–H and O–H groups in total. The van der Waals surface area contributed by atoms with Gasteiger partial charge in [0.25, 0.3) is 0 Å². The van der Waals surface area contributed by atoms with E-state index in [0.717, 1.165) is 6.26 Å². The van der Waals surface area contributed by atoms with Crippen LogP contribution in [0.15, 0.2) is 47.4 Å². The van der Waals surface area contributed by atoms with Gasteiger partial charge in [0.1, 0.15) is 5.82 Å². The lowest BCUT2D eigenvalue weighted by Crippen LogP contribution is -2.04. The van der Waals surface area contributed by atoms with Crippen LogP contribution in [0.1, 0.15) is 0 Å². The molecule has 0 spiro atoms. The Hall–Kier alpha value is -1.89. The van der Waals surface area contributed by atoms with Crippen molar-refractivity contribution in [1.82, 2.24) is 9.97 Å². The van der Waals surface area contributed by atoms with E-state index in [-0.39, 0.29) is 10.2 Å². The maximum Gasteiger partial charge on any atom is 0.224 e. The first-order valence-corrected chi connectivity index (χ1v) is 9.19. The molecule has 0 unspecified atom stereocenters. The molecule has 118 valence electrons. The molecule has 0 aliphatic heterocycles. The van der Waals surface area contributed by atoms with Crippen LogP contribution in [-0.2, 0) is 9.84 Å². The highest BCUT2D eigenvalue weighted by Crippen LogP contribution is 2.32. The van der Waals surface area contributed by atoms with Crippen LogP contribution in [0.3, 0.4) is 0 Å². The van der Waals surface area contributed by atoms with Crippen LogP contribution in [0.2, 0.25) is 10.3 Å². The smallest absolute Gasteiger partial charge is 0.224 e. The number of rotatable bonds is 3. The largest absolute Gasteiger partial charge is 0.338 e. The predicted octanol–water partition coefficient (Wildman–Crippen LogP) is 4.08. The summed E-state index contributed by atoms with van der Waals surface area (Å²) in [4.78, 5) is 8.43. The molecule has 0 radical (unpaired) electrons. The first-order chi connectivity index (χ1) is 10.9. The molecule has 1 aromatic heterocycles. The van der Waals surface area contributed by atoms with Gasteiger partial charge in [-0.25, -0.2) is 13.4 Å². The first kappa shape index (κ1) is 16.0. The Labute approximate surface area is 143 Å². The summed E-state index contributed by atoms with van der Waals surface area (Å²) in [5, 5.41) is 4.06. The number of hydrogen-bond acceptors (Lipinski definition) is 5. The minimum absolute atomic E-state index is 0.0408. The van der Waals surface area contributed by atoms with E-state index in [1.807, 2.05) is 0 Å². The van der Waals surface area contributed by atoms with E-state index >= 15 is 0 Å². The molecule has 0 saturated heterocycles. The third-order valence-corrected chi connectivity index (χ3v) is 4.82. The summed E-state index contributed by atoms with van der Waals surface area (Å²) in [7, 11) is -3.40. The Kier molecular flexibility index (Phi) is 4.14. The van der Waals surface area contributed by atoms with Crippen molar-refractivity contribution in [2.75, 3.05) is 11.6 Å². The number of nitrogens with zero attached hydrogens (tertiary/aromatic N) is 2. The van der Waals surface area contributed by atoms with Crippen molar-refractivity contribution in [1.29, 1.82) is 0 Å². The topological polar surface area (TPSA) is 72.0 Å². The van der Waals surface area contributed by atoms with E-state index in [1.54, 1.807) is 36.4 Å². The Morgan fingerprint density at radius 2 is 1.74 bits per heavy atom. The van der Waals surface area contributed by atoms with Crippen molar-refractivity contribution in [3.63, 3.8) is 0 Å². The van der Waals surface area contributed by atoms with Gasteiger partial charge in [0, 0.05) is 6.26 Å². The van der Waals surface area contributed by atoms with Crippen molar-refractivity contribution >= 4 is 55.4 Å². The molecule has 0 atom stereocenters. The molecule has 3 rings (SSSR count). The number of sulfone groups is 1. The first-order valence-electron chi connectivity index (χ1n) is 6.54. The average molecular weight is 368 g/mol. The van der Waals surface area contributed by atoms with Crippen molar-refractivity contribution in [3.05, 3.63) is 52.8 Å². The summed E-state index contributed by atoms with van der Waals surface area (Å²) in [6.07, 6.45) is 1.14. The average Bonchev–Trinajstić information content (AvgIpc) is 2.46. The normalized spacial score (nSPS) is 11.6. The third kappa shape index (κ3) is 3.24. The summed E-state index contributed by atoms with van der Waals surface area (Å²) >= 11 is 12.2. The second-order valence-electron chi connectivity index (χ2n) is 4.87. The quantitative estimate of drug-likeness (QED) is 0.706. The SMILES string of the molecule is CS(=O)(=O)c1ccccc1Nc1nc(Cl)nc2cccc(Cl)c12. The molecule has 8 heteroatoms. The van der Waals surface area contributed by atoms with E-state index in [0.29, 0.717) is 27.4 Å². The van der Waals surface area contributed by atoms with E-state index in [2.05, 4.69) is 15.3 Å². The fraction of sp³-hybridized carbons (Fsp3) is 0.0667. The lowest BCUT2D eigenvalue weighted by Gasteiger charge is -2.13. The van der Waals surface area contributed by atoms with Crippen LogP contribution in [-0.4, -0.2) is 24.6 Å². The summed E-state index contributed by atoms with van der Waals surface area (Å²) in [5.41, 5.74) is 0.961. The number of nitrogens with one attached hydrogen (secondary N) is 1. The molecule has 0 aliphatic rings. The molecule has 1 heterocycles. The number of hydrogen-bond donors (Lipinski definition) is 1. The second-order valence-corrected chi connectivity index (χ2v) is 7.60. The van der Waals surface area contributed by atoms with Crippen LogP contribution >= 0.6 is 23.2 Å². The zero-order chi connectivity index (χ0) is 16.6. The fourth-order valence-corrected chi connectivity index (χ4v) is 3.50. The van der Waals surface area contributed by atoms with Gasteiger partial charge in [-0.2, -0.15) is 4.98 Å². The van der Waals surface area contributed by atoms with Gasteiger partial charge in [0.05, 0.1) is 26.5 Å². The monoisotopic (exact) mass is 367 g/mol. The molecule has 5 nitrogen and oxygen atoms in total. The number of fused-ring (bicyclic) bond motifs is 1. The highest BCUT2D eigenvalue weighted by atomic mass is 35.5. The van der Waals surface area contributed by atoms with Crippen LogP contribution in [0, 0.1) is 0 Å². The van der Waals surface area contributed by atoms with Gasteiger partial charge in [0.15, 0.2) is 9.84 Å². The Morgan fingerprint density at radius 3 is 2.48 bits per heavy atom. The number of benzene rings is 2. The molecule has 0 fully saturated rings. The predicted molar refractivity (Wildman–Crippen MR) is 92.4 cm³/mol. The van der Waals surface area contributed by atoms with Crippen LogP contribution < -0.4 is 5.32 Å². The van der Waals surface area contributed by atoms with Gasteiger partial charge in [-0.15, -0.1) is 0 Å². The summed E-state index contributed by atoms with van der Waals surface area (Å²) < 4.78 is 23.8. The number of para-hydroxylation sites is 1. The van der Waals surface area contributed by atoms with Crippen molar-refractivity contribution in [3.8, 4) is 0 Å². The molecule has 0 saturated carbocycles. The number of aromatic nitrogens is 2. The van der Waals surface area contributed by atoms with E-state index in [1.165, 1.54) is 6.07 Å². The van der Waals surface area contributed by atoms with Gasteiger partial charge in [-0.05, 0) is 35.9 Å². The Morgan fingerprint density at radius 1 is 1.00 bits per heavy atom. The number of anilines is 2. The molecule has 2 aromatic carbocycles. The summed E-state index contributed by atoms with van der Waals surface area (Å²) in [6.45, 7) is 0. The van der Waals surface area contributed by atoms with E-state index < -0.39 is 9.84 Å². The van der Waals surface area contributed by atoms with Gasteiger partial charge >= 0.3 is 0 Å². The number of halogens is 2. The minimum atomic E-state index is -3.40. The molecule has 0 aliphatic carbocycles. The Bertz CT molecular complexity index is 1010. The van der Waals surface area contributed by atoms with E-state index in [9.17, 15) is 8.42 Å². The lowest BCUT2D eigenvalue weighted by molar-refractivity contribution is 0.602. The van der Waals surface area contributed by atoms with Gasteiger partial charge in [-0.1, -0.05) is 29.8 Å². The highest BCUT2D eigenvalue weighted by molar-refractivity contribution is 7.90. The highest BCUT2D eigenvalue weighted by Gasteiger charge is 2.16. The molecule has 23 heavy (non-hydrogen) atoms. The van der Waals surface area contributed by atoms with Gasteiger partial charge < -0.3 is 5.32 Å². The molecule has 3 aromatic rings.